The number of rotatable bonds is 8. The van der Waals surface area contributed by atoms with E-state index >= 15 is 0 Å². The maximum absolute atomic E-state index is 12.3. The zero-order valence-electron chi connectivity index (χ0n) is 14.0. The van der Waals surface area contributed by atoms with Crippen LogP contribution in [0.3, 0.4) is 0 Å². The number of unbranched alkanes of at least 4 members (excludes halogenated alkanes) is 2. The van der Waals surface area contributed by atoms with Gasteiger partial charge in [-0.25, -0.2) is 4.79 Å². The highest BCUT2D eigenvalue weighted by Gasteiger charge is 2.24. The van der Waals surface area contributed by atoms with Crippen LogP contribution in [0.1, 0.15) is 58.3 Å². The van der Waals surface area contributed by atoms with E-state index in [0.717, 1.165) is 51.6 Å². The quantitative estimate of drug-likeness (QED) is 0.521. The maximum atomic E-state index is 12.3. The van der Waals surface area contributed by atoms with Crippen molar-refractivity contribution in [1.82, 2.24) is 10.2 Å². The molecule has 0 aromatic heterocycles. The van der Waals surface area contributed by atoms with Crippen LogP contribution in [0.15, 0.2) is 0 Å². The van der Waals surface area contributed by atoms with Crippen LogP contribution in [0.2, 0.25) is 0 Å². The number of amides is 3. The molecule has 7 heteroatoms. The lowest BCUT2D eigenvalue weighted by Crippen LogP contribution is -2.40. The first-order valence-electron chi connectivity index (χ1n) is 8.52. The third-order valence-corrected chi connectivity index (χ3v) is 3.93. The second-order valence-corrected chi connectivity index (χ2v) is 5.97. The number of ether oxygens (including phenoxy) is 1. The van der Waals surface area contributed by atoms with Gasteiger partial charge in [0.15, 0.2) is 6.10 Å². The van der Waals surface area contributed by atoms with Crippen LogP contribution in [0.5, 0.6) is 0 Å². The highest BCUT2D eigenvalue weighted by atomic mass is 16.5. The first-order chi connectivity index (χ1) is 11.0. The molecule has 7 nitrogen and oxygen atoms in total. The molecule has 0 saturated carbocycles. The molecular formula is C16H29N3O4. The number of carbonyl (C=O) groups excluding carboxylic acids is 3. The Morgan fingerprint density at radius 3 is 2.35 bits per heavy atom. The Morgan fingerprint density at radius 2 is 1.74 bits per heavy atom. The highest BCUT2D eigenvalue weighted by molar-refractivity contribution is 5.83. The topological polar surface area (TPSA) is 102 Å². The van der Waals surface area contributed by atoms with Crippen molar-refractivity contribution in [1.29, 1.82) is 0 Å². The van der Waals surface area contributed by atoms with Gasteiger partial charge in [0, 0.05) is 26.1 Å². The van der Waals surface area contributed by atoms with Crippen molar-refractivity contribution in [3.63, 3.8) is 0 Å². The van der Waals surface area contributed by atoms with Crippen LogP contribution in [0, 0.1) is 0 Å². The molecule has 3 amide bonds. The van der Waals surface area contributed by atoms with Crippen molar-refractivity contribution in [3.05, 3.63) is 0 Å². The van der Waals surface area contributed by atoms with Gasteiger partial charge in [0.1, 0.15) is 0 Å². The molecule has 1 rings (SSSR count). The zero-order chi connectivity index (χ0) is 17.1. The second kappa shape index (κ2) is 10.9. The number of nitrogens with one attached hydrogen (secondary N) is 1. The van der Waals surface area contributed by atoms with Gasteiger partial charge in [0.05, 0.1) is 0 Å². The molecule has 1 aliphatic rings. The summed E-state index contributed by atoms with van der Waals surface area (Å²) in [7, 11) is 0. The molecule has 23 heavy (non-hydrogen) atoms. The van der Waals surface area contributed by atoms with Gasteiger partial charge >= 0.3 is 12.0 Å². The molecule has 1 fully saturated rings. The summed E-state index contributed by atoms with van der Waals surface area (Å²) < 4.78 is 5.23. The molecule has 0 radical (unpaired) electrons. The van der Waals surface area contributed by atoms with E-state index in [1.165, 1.54) is 0 Å². The van der Waals surface area contributed by atoms with E-state index in [-0.39, 0.29) is 18.3 Å². The van der Waals surface area contributed by atoms with E-state index in [2.05, 4.69) is 5.32 Å². The number of esters is 1. The van der Waals surface area contributed by atoms with Crippen molar-refractivity contribution in [3.8, 4) is 0 Å². The standard InChI is InChI=1S/C16H29N3O4/c1-13(15(21)19-11-7-2-3-8-12-19)23-14(20)9-5-4-6-10-18-16(17)22/h13H,2-12H2,1H3,(H3,17,18,22)/t13-/m1/s1. The molecule has 0 aromatic rings. The number of nitrogens with two attached hydrogens (primary N) is 1. The Balaban J connectivity index is 2.17. The number of primary amides is 1. The van der Waals surface area contributed by atoms with Crippen molar-refractivity contribution >= 4 is 17.9 Å². The summed E-state index contributed by atoms with van der Waals surface area (Å²) in [5, 5.41) is 2.49. The second-order valence-electron chi connectivity index (χ2n) is 5.97. The average molecular weight is 327 g/mol. The van der Waals surface area contributed by atoms with Gasteiger partial charge in [-0.05, 0) is 32.6 Å². The maximum Gasteiger partial charge on any atom is 0.312 e. The van der Waals surface area contributed by atoms with E-state index in [4.69, 9.17) is 10.5 Å². The van der Waals surface area contributed by atoms with Gasteiger partial charge in [-0.1, -0.05) is 19.3 Å². The van der Waals surface area contributed by atoms with Gasteiger partial charge in [-0.3, -0.25) is 9.59 Å². The number of carbonyl (C=O) groups is 3. The van der Waals surface area contributed by atoms with E-state index in [1.807, 2.05) is 0 Å². The molecule has 0 bridgehead atoms. The molecule has 1 atom stereocenters. The third kappa shape index (κ3) is 8.42. The van der Waals surface area contributed by atoms with E-state index in [9.17, 15) is 14.4 Å². The SMILES string of the molecule is C[C@@H](OC(=O)CCCCCNC(N)=O)C(=O)N1CCCCCC1. The minimum Gasteiger partial charge on any atom is -0.453 e. The first kappa shape index (κ1) is 19.3. The summed E-state index contributed by atoms with van der Waals surface area (Å²) >= 11 is 0. The summed E-state index contributed by atoms with van der Waals surface area (Å²) in [6, 6.07) is -0.537. The van der Waals surface area contributed by atoms with Crippen LogP contribution in [0.4, 0.5) is 4.79 Å². The van der Waals surface area contributed by atoms with Crippen LogP contribution in [-0.4, -0.2) is 48.5 Å². The molecule has 1 saturated heterocycles. The average Bonchev–Trinajstić information content (AvgIpc) is 2.78. The summed E-state index contributed by atoms with van der Waals surface area (Å²) in [6.07, 6.45) is 6.15. The van der Waals surface area contributed by atoms with Gasteiger partial charge in [0.25, 0.3) is 5.91 Å². The number of urea groups is 1. The van der Waals surface area contributed by atoms with Crippen molar-refractivity contribution in [2.45, 2.75) is 64.4 Å². The number of hydrogen-bond acceptors (Lipinski definition) is 4. The highest BCUT2D eigenvalue weighted by Crippen LogP contribution is 2.12. The van der Waals surface area contributed by atoms with Crippen LogP contribution in [0.25, 0.3) is 0 Å². The Morgan fingerprint density at radius 1 is 1.09 bits per heavy atom. The lowest BCUT2D eigenvalue weighted by molar-refractivity contribution is -0.159. The molecule has 132 valence electrons. The Labute approximate surface area is 137 Å². The predicted molar refractivity (Wildman–Crippen MR) is 86.7 cm³/mol. The van der Waals surface area contributed by atoms with Gasteiger partial charge < -0.3 is 20.7 Å². The third-order valence-electron chi connectivity index (χ3n) is 3.93. The van der Waals surface area contributed by atoms with Crippen LogP contribution in [-0.2, 0) is 14.3 Å². The van der Waals surface area contributed by atoms with E-state index < -0.39 is 12.1 Å². The van der Waals surface area contributed by atoms with Crippen molar-refractivity contribution in [2.75, 3.05) is 19.6 Å². The molecule has 0 aliphatic carbocycles. The molecule has 0 aromatic carbocycles. The van der Waals surface area contributed by atoms with Gasteiger partial charge in [0.2, 0.25) is 0 Å². The Hall–Kier alpha value is -1.79. The minimum absolute atomic E-state index is 0.0918. The molecule has 0 unspecified atom stereocenters. The molecule has 3 N–H and O–H groups in total. The monoisotopic (exact) mass is 327 g/mol. The normalized spacial score (nSPS) is 16.3. The van der Waals surface area contributed by atoms with E-state index in [1.54, 1.807) is 11.8 Å². The zero-order valence-corrected chi connectivity index (χ0v) is 14.0. The molecule has 1 heterocycles. The molecule has 1 aliphatic heterocycles. The fourth-order valence-corrected chi connectivity index (χ4v) is 2.64. The number of hydrogen-bond donors (Lipinski definition) is 2. The Kier molecular flexibility index (Phi) is 9.09. The smallest absolute Gasteiger partial charge is 0.312 e. The fourth-order valence-electron chi connectivity index (χ4n) is 2.64. The lowest BCUT2D eigenvalue weighted by Gasteiger charge is -2.24. The minimum atomic E-state index is -0.711. The molecular weight excluding hydrogens is 298 g/mol. The summed E-state index contributed by atoms with van der Waals surface area (Å²) in [5.74, 6) is -0.436. The number of nitrogens with zero attached hydrogens (tertiary/aromatic N) is 1. The summed E-state index contributed by atoms with van der Waals surface area (Å²) in [4.78, 5) is 36.3. The Bertz CT molecular complexity index is 393. The number of likely N-dealkylation sites (tertiary alicyclic amines) is 1. The van der Waals surface area contributed by atoms with E-state index in [0.29, 0.717) is 13.0 Å². The van der Waals surface area contributed by atoms with Crippen LogP contribution < -0.4 is 11.1 Å². The van der Waals surface area contributed by atoms with Gasteiger partial charge in [-0.15, -0.1) is 0 Å². The van der Waals surface area contributed by atoms with Crippen LogP contribution >= 0.6 is 0 Å². The van der Waals surface area contributed by atoms with Crippen molar-refractivity contribution < 1.29 is 19.1 Å². The van der Waals surface area contributed by atoms with Gasteiger partial charge in [-0.2, -0.15) is 0 Å². The summed E-state index contributed by atoms with van der Waals surface area (Å²) in [6.45, 7) is 3.66. The lowest BCUT2D eigenvalue weighted by atomic mass is 10.2. The largest absolute Gasteiger partial charge is 0.453 e. The molecule has 0 spiro atoms. The fraction of sp³-hybridized carbons (Fsp3) is 0.812. The summed E-state index contributed by atoms with van der Waals surface area (Å²) in [5.41, 5.74) is 4.95. The predicted octanol–water partition coefficient (Wildman–Crippen LogP) is 1.55. The first-order valence-corrected chi connectivity index (χ1v) is 8.52. The van der Waals surface area contributed by atoms with Crippen molar-refractivity contribution in [2.24, 2.45) is 5.73 Å².